The van der Waals surface area contributed by atoms with Crippen molar-refractivity contribution in [1.82, 2.24) is 47.9 Å². The van der Waals surface area contributed by atoms with Crippen LogP contribution in [0.25, 0.3) is 10.8 Å². The summed E-state index contributed by atoms with van der Waals surface area (Å²) in [5.41, 5.74) is 19.6. The third-order valence-corrected chi connectivity index (χ3v) is 15.9. The van der Waals surface area contributed by atoms with E-state index in [4.69, 9.17) is 17.2 Å². The number of anilines is 2. The fourth-order valence-corrected chi connectivity index (χ4v) is 10.5. The molecule has 534 valence electrons. The molecule has 5 rings (SSSR count). The molecule has 99 heavy (non-hydrogen) atoms. The molecule has 8 atom stereocenters. The van der Waals surface area contributed by atoms with Crippen molar-refractivity contribution in [2.75, 3.05) is 63.7 Å². The lowest BCUT2D eigenvalue weighted by molar-refractivity contribution is -0.137. The third kappa shape index (κ3) is 26.0. The average Bonchev–Trinajstić information content (AvgIpc) is 0.797. The molecule has 0 bridgehead atoms. The molecule has 20 N–H and O–H groups in total. The van der Waals surface area contributed by atoms with Gasteiger partial charge in [-0.2, -0.15) is 18.6 Å². The number of azo groups is 1. The van der Waals surface area contributed by atoms with Crippen LogP contribution in [0.1, 0.15) is 68.8 Å². The SMILES string of the molecule is CC(C)CC(NC(=O)CNC(=O)c1ccc(N=Nc2ccc(N(C)C)cc2)cc1)C(=O)NC(CCCN=C(N)N)C(=O)NC(C(=O)NC(CCC(N)=O)C(=O)NC(CO)C(=O)NC(Cc1ccccc1)C(=O)NC(CO)C(=O)NCCNc1cccc2c(S(=O)(=O)O)cccc12)C(C)O. The zero-order chi connectivity index (χ0) is 72.9. The molecule has 0 aromatic heterocycles. The highest BCUT2D eigenvalue weighted by Gasteiger charge is 2.36. The predicted molar refractivity (Wildman–Crippen MR) is 366 cm³/mol. The van der Waals surface area contributed by atoms with E-state index in [1.54, 1.807) is 86.6 Å². The minimum atomic E-state index is -4.55. The molecule has 0 fully saturated rings. The first-order valence-corrected chi connectivity index (χ1v) is 32.9. The van der Waals surface area contributed by atoms with Crippen molar-refractivity contribution in [2.24, 2.45) is 38.3 Å². The summed E-state index contributed by atoms with van der Waals surface area (Å²) in [6, 6.07) is 19.2. The largest absolute Gasteiger partial charge is 0.394 e. The molecular weight excluding hydrogens is 1310 g/mol. The van der Waals surface area contributed by atoms with Gasteiger partial charge in [0.25, 0.3) is 16.0 Å². The topological polar surface area (TPSA) is 524 Å². The number of aliphatic hydroxyl groups excluding tert-OH is 3. The second-order valence-corrected chi connectivity index (χ2v) is 24.9. The molecule has 33 nitrogen and oxygen atoms in total. The Bertz CT molecular complexity index is 3780. The monoisotopic (exact) mass is 1390 g/mol. The van der Waals surface area contributed by atoms with Gasteiger partial charge in [0.2, 0.25) is 53.2 Å². The van der Waals surface area contributed by atoms with Crippen molar-refractivity contribution in [3.8, 4) is 0 Å². The highest BCUT2D eigenvalue weighted by Crippen LogP contribution is 2.29. The number of carbonyl (C=O) groups excluding carboxylic acids is 10. The van der Waals surface area contributed by atoms with Gasteiger partial charge in [-0.15, -0.1) is 0 Å². The van der Waals surface area contributed by atoms with Crippen LogP contribution in [0.3, 0.4) is 0 Å². The summed E-state index contributed by atoms with van der Waals surface area (Å²) in [6.07, 6.45) is -3.16. The van der Waals surface area contributed by atoms with Crippen LogP contribution in [0, 0.1) is 5.92 Å². The van der Waals surface area contributed by atoms with Gasteiger partial charge in [-0.1, -0.05) is 68.4 Å². The smallest absolute Gasteiger partial charge is 0.295 e. The molecule has 8 unspecified atom stereocenters. The summed E-state index contributed by atoms with van der Waals surface area (Å²) < 4.78 is 33.7. The van der Waals surface area contributed by atoms with Gasteiger partial charge >= 0.3 is 0 Å². The Labute approximate surface area is 571 Å². The van der Waals surface area contributed by atoms with E-state index in [2.05, 4.69) is 68.4 Å². The molecule has 0 heterocycles. The lowest BCUT2D eigenvalue weighted by atomic mass is 10.0. The van der Waals surface area contributed by atoms with E-state index in [1.165, 1.54) is 30.3 Å². The molecule has 0 aliphatic rings. The number of nitrogens with two attached hydrogens (primary N) is 3. The van der Waals surface area contributed by atoms with Crippen LogP contribution in [0.4, 0.5) is 22.7 Å². The zero-order valence-electron chi connectivity index (χ0n) is 55.3. The van der Waals surface area contributed by atoms with Gasteiger partial charge in [0.05, 0.1) is 37.2 Å². The van der Waals surface area contributed by atoms with Crippen LogP contribution in [0.2, 0.25) is 0 Å². The number of carbonyl (C=O) groups is 10. The van der Waals surface area contributed by atoms with Crippen LogP contribution in [0.15, 0.2) is 135 Å². The summed E-state index contributed by atoms with van der Waals surface area (Å²) in [7, 11) is -0.729. The van der Waals surface area contributed by atoms with E-state index in [0.717, 1.165) is 12.6 Å². The standard InChI is InChI=1S/C65H87N17O16S/c1-37(2)32-49(73-55(87)34-72-57(88)40-19-21-41(22-20-40)80-81-42-23-25-43(26-24-42)82(4)5)61(92)74-47(17-11-29-71-65(67)68)60(91)79-56(38(3)85)64(95)75-48(27-28-54(66)86)59(90)78-52(36-84)63(94)76-50(33-39-12-7-6-8-13-39)62(93)77-51(35-83)58(89)70-31-30-69-46-16-9-15-45-44(46)14-10-18-53(45)99(96,97)98/h6-10,12-16,18-26,37-38,47-52,56,69,83-85H,11,17,27-36H2,1-5H3,(H2,66,86)(H,70,89)(H,72,88)(H,73,87)(H,74,92)(H,75,95)(H,76,94)(H,77,93)(H,78,90)(H,79,91)(H4,67,68,71)(H,96,97,98). The highest BCUT2D eigenvalue weighted by atomic mass is 32.2. The number of nitrogens with one attached hydrogen (secondary N) is 10. The Balaban J connectivity index is 1.23. The van der Waals surface area contributed by atoms with E-state index in [-0.39, 0.29) is 73.0 Å². The number of aliphatic hydroxyl groups is 3. The molecular formula is C65H87N17O16S. The number of amides is 10. The predicted octanol–water partition coefficient (Wildman–Crippen LogP) is -1.11. The lowest BCUT2D eigenvalue weighted by Crippen LogP contribution is -2.62. The molecule has 34 heteroatoms. The maximum Gasteiger partial charge on any atom is 0.295 e. The van der Waals surface area contributed by atoms with Crippen LogP contribution >= 0.6 is 0 Å². The number of hydrogen-bond acceptors (Lipinski definition) is 20. The minimum absolute atomic E-state index is 0.0371. The molecule has 0 radical (unpaired) electrons. The Hall–Kier alpha value is -10.7. The Morgan fingerprint density at radius 1 is 0.556 bits per heavy atom. The third-order valence-electron chi connectivity index (χ3n) is 14.9. The maximum atomic E-state index is 14.2. The first-order valence-electron chi connectivity index (χ1n) is 31.5. The van der Waals surface area contributed by atoms with Crippen LogP contribution in [0.5, 0.6) is 0 Å². The van der Waals surface area contributed by atoms with Crippen molar-refractivity contribution in [2.45, 2.75) is 113 Å². The van der Waals surface area contributed by atoms with Crippen LogP contribution < -0.4 is 75.3 Å². The molecule has 0 saturated carbocycles. The number of rotatable bonds is 39. The Morgan fingerprint density at radius 2 is 1.09 bits per heavy atom. The normalized spacial score (nSPS) is 13.7. The summed E-state index contributed by atoms with van der Waals surface area (Å²) in [6.45, 7) is 1.97. The van der Waals surface area contributed by atoms with Gasteiger partial charge in [0, 0.05) is 74.3 Å². The van der Waals surface area contributed by atoms with Crippen molar-refractivity contribution in [1.29, 1.82) is 0 Å². The molecule has 0 aliphatic carbocycles. The Kier molecular flexibility index (Phi) is 31.1. The van der Waals surface area contributed by atoms with Gasteiger partial charge in [-0.3, -0.25) is 57.5 Å². The van der Waals surface area contributed by atoms with Crippen molar-refractivity contribution < 1.29 is 76.2 Å². The lowest BCUT2D eigenvalue weighted by Gasteiger charge is -2.28. The van der Waals surface area contributed by atoms with Crippen LogP contribution in [-0.2, 0) is 59.7 Å². The van der Waals surface area contributed by atoms with Gasteiger partial charge < -0.3 is 90.6 Å². The van der Waals surface area contributed by atoms with Gasteiger partial charge in [-0.05, 0) is 105 Å². The maximum absolute atomic E-state index is 14.2. The van der Waals surface area contributed by atoms with E-state index in [9.17, 15) is 76.2 Å². The van der Waals surface area contributed by atoms with E-state index in [1.807, 2.05) is 31.1 Å². The second kappa shape index (κ2) is 38.9. The first kappa shape index (κ1) is 79.0. The molecule has 0 saturated heterocycles. The van der Waals surface area contributed by atoms with Gasteiger partial charge in [-0.25, -0.2) is 0 Å². The highest BCUT2D eigenvalue weighted by molar-refractivity contribution is 7.86. The zero-order valence-corrected chi connectivity index (χ0v) is 56.1. The number of fused-ring (bicyclic) bond motifs is 1. The first-order chi connectivity index (χ1) is 47.0. The summed E-state index contributed by atoms with van der Waals surface area (Å²) in [5.74, 6) is -10.2. The second-order valence-electron chi connectivity index (χ2n) is 23.5. The Morgan fingerprint density at radius 3 is 1.68 bits per heavy atom. The fraction of sp³-hybridized carbons (Fsp3) is 0.400. The fourth-order valence-electron chi connectivity index (χ4n) is 9.77. The van der Waals surface area contributed by atoms with E-state index < -0.39 is 150 Å². The van der Waals surface area contributed by atoms with Crippen molar-refractivity contribution in [3.63, 3.8) is 0 Å². The van der Waals surface area contributed by atoms with Crippen LogP contribution in [-0.4, -0.2) is 195 Å². The van der Waals surface area contributed by atoms with Gasteiger partial charge in [0.1, 0.15) is 47.2 Å². The minimum Gasteiger partial charge on any atom is -0.394 e. The van der Waals surface area contributed by atoms with E-state index >= 15 is 0 Å². The summed E-state index contributed by atoms with van der Waals surface area (Å²) in [5, 5.41) is 65.9. The number of nitrogens with zero attached hydrogens (tertiary/aromatic N) is 4. The number of guanidine groups is 1. The summed E-state index contributed by atoms with van der Waals surface area (Å²) >= 11 is 0. The number of benzene rings is 5. The number of aliphatic imine (C=N–C) groups is 1. The molecule has 10 amide bonds. The van der Waals surface area contributed by atoms with E-state index in [0.29, 0.717) is 28.0 Å². The number of primary amides is 1. The molecule has 5 aromatic carbocycles. The summed E-state index contributed by atoms with van der Waals surface area (Å²) in [4.78, 5) is 142. The van der Waals surface area contributed by atoms with Crippen molar-refractivity contribution in [3.05, 3.63) is 126 Å². The average molecular weight is 1390 g/mol. The molecule has 0 spiro atoms. The number of hydrogen-bond donors (Lipinski definition) is 17. The van der Waals surface area contributed by atoms with Crippen molar-refractivity contribution >= 4 is 109 Å². The molecule has 5 aromatic rings. The quantitative estimate of drug-likeness (QED) is 0.00729. The van der Waals surface area contributed by atoms with Gasteiger partial charge in [0.15, 0.2) is 5.96 Å². The molecule has 0 aliphatic heterocycles.